The predicted octanol–water partition coefficient (Wildman–Crippen LogP) is 3.19. The summed E-state index contributed by atoms with van der Waals surface area (Å²) in [4.78, 5) is 0. The second kappa shape index (κ2) is 3.64. The Balaban J connectivity index is 2.57. The molecule has 1 N–H and O–H groups in total. The lowest BCUT2D eigenvalue weighted by Gasteiger charge is -2.31. The summed E-state index contributed by atoms with van der Waals surface area (Å²) < 4.78 is 0. The van der Waals surface area contributed by atoms with Gasteiger partial charge in [-0.1, -0.05) is 39.0 Å². The zero-order chi connectivity index (χ0) is 11.1. The molecule has 0 bridgehead atoms. The molecular weight excluding hydrogens is 182 g/mol. The van der Waals surface area contributed by atoms with E-state index in [2.05, 4.69) is 51.2 Å². The molecule has 15 heavy (non-hydrogen) atoms. The molecule has 0 aliphatic carbocycles. The molecule has 0 spiro atoms. The first-order valence-electron chi connectivity index (χ1n) is 5.86. The molecule has 1 aromatic carbocycles. The van der Waals surface area contributed by atoms with Crippen molar-refractivity contribution >= 4 is 0 Å². The molecular formula is C14H21N. The van der Waals surface area contributed by atoms with Crippen molar-refractivity contribution in [1.82, 2.24) is 5.32 Å². The first-order valence-corrected chi connectivity index (χ1v) is 5.86. The van der Waals surface area contributed by atoms with Gasteiger partial charge in [0.05, 0.1) is 0 Å². The molecule has 1 atom stereocenters. The van der Waals surface area contributed by atoms with E-state index in [1.807, 2.05) is 0 Å². The van der Waals surface area contributed by atoms with Crippen LogP contribution < -0.4 is 5.32 Å². The van der Waals surface area contributed by atoms with Gasteiger partial charge >= 0.3 is 0 Å². The van der Waals surface area contributed by atoms with Crippen molar-refractivity contribution in [1.29, 1.82) is 0 Å². The summed E-state index contributed by atoms with van der Waals surface area (Å²) in [6.07, 6.45) is 1.17. The molecule has 0 radical (unpaired) electrons. The third kappa shape index (κ3) is 1.93. The highest BCUT2D eigenvalue weighted by atomic mass is 14.9. The van der Waals surface area contributed by atoms with E-state index in [1.54, 1.807) is 0 Å². The zero-order valence-electron chi connectivity index (χ0n) is 10.2. The van der Waals surface area contributed by atoms with Crippen LogP contribution in [-0.4, -0.2) is 6.54 Å². The molecule has 0 aromatic heterocycles. The lowest BCUT2D eigenvalue weighted by molar-refractivity contribution is 0.508. The Kier molecular flexibility index (Phi) is 2.59. The molecule has 1 nitrogen and oxygen atoms in total. The van der Waals surface area contributed by atoms with E-state index in [0.717, 1.165) is 6.54 Å². The molecule has 1 heteroatoms. The standard InChI is InChI=1S/C14H21N/c1-10-13-11(8-9-15-10)6-5-7-12(13)14(2,3)4/h5-7,10,15H,8-9H2,1-4H3/t10-/m1/s1. The minimum atomic E-state index is 0.249. The molecule has 0 unspecified atom stereocenters. The van der Waals surface area contributed by atoms with Crippen LogP contribution in [0.5, 0.6) is 0 Å². The fraction of sp³-hybridized carbons (Fsp3) is 0.571. The third-order valence-corrected chi connectivity index (χ3v) is 3.28. The maximum absolute atomic E-state index is 3.55. The summed E-state index contributed by atoms with van der Waals surface area (Å²) in [5.74, 6) is 0. The number of hydrogen-bond donors (Lipinski definition) is 1. The van der Waals surface area contributed by atoms with Crippen LogP contribution in [-0.2, 0) is 11.8 Å². The maximum Gasteiger partial charge on any atom is 0.0297 e. The van der Waals surface area contributed by atoms with Crippen molar-refractivity contribution in [2.75, 3.05) is 6.54 Å². The van der Waals surface area contributed by atoms with Crippen molar-refractivity contribution in [3.63, 3.8) is 0 Å². The Morgan fingerprint density at radius 3 is 2.67 bits per heavy atom. The Morgan fingerprint density at radius 2 is 2.00 bits per heavy atom. The number of fused-ring (bicyclic) bond motifs is 1. The van der Waals surface area contributed by atoms with E-state index in [9.17, 15) is 0 Å². The Morgan fingerprint density at radius 1 is 1.27 bits per heavy atom. The van der Waals surface area contributed by atoms with Crippen LogP contribution in [0.3, 0.4) is 0 Å². The largest absolute Gasteiger partial charge is 0.310 e. The smallest absolute Gasteiger partial charge is 0.0297 e. The summed E-state index contributed by atoms with van der Waals surface area (Å²) in [5.41, 5.74) is 4.82. The van der Waals surface area contributed by atoms with Crippen molar-refractivity contribution in [2.45, 2.75) is 45.6 Å². The Hall–Kier alpha value is -0.820. The van der Waals surface area contributed by atoms with Gasteiger partial charge in [-0.15, -0.1) is 0 Å². The molecule has 0 fully saturated rings. The first-order chi connectivity index (χ1) is 7.00. The molecule has 1 aliphatic heterocycles. The van der Waals surface area contributed by atoms with E-state index < -0.39 is 0 Å². The van der Waals surface area contributed by atoms with E-state index >= 15 is 0 Å². The SMILES string of the molecule is C[C@H]1NCCc2cccc(C(C)(C)C)c21. The molecule has 0 amide bonds. The van der Waals surface area contributed by atoms with Gasteiger partial charge in [0.25, 0.3) is 0 Å². The molecule has 1 aromatic rings. The van der Waals surface area contributed by atoms with Crippen LogP contribution >= 0.6 is 0 Å². The molecule has 82 valence electrons. The van der Waals surface area contributed by atoms with Crippen molar-refractivity contribution in [3.05, 3.63) is 34.9 Å². The number of rotatable bonds is 0. The lowest BCUT2D eigenvalue weighted by Crippen LogP contribution is -2.31. The fourth-order valence-electron chi connectivity index (χ4n) is 2.52. The van der Waals surface area contributed by atoms with Gasteiger partial charge in [0.1, 0.15) is 0 Å². The van der Waals surface area contributed by atoms with Gasteiger partial charge < -0.3 is 5.32 Å². The fourth-order valence-corrected chi connectivity index (χ4v) is 2.52. The van der Waals surface area contributed by atoms with Gasteiger partial charge in [0, 0.05) is 6.04 Å². The van der Waals surface area contributed by atoms with Gasteiger partial charge in [-0.2, -0.15) is 0 Å². The van der Waals surface area contributed by atoms with Gasteiger partial charge in [0.15, 0.2) is 0 Å². The predicted molar refractivity (Wildman–Crippen MR) is 65.3 cm³/mol. The van der Waals surface area contributed by atoms with Gasteiger partial charge in [-0.3, -0.25) is 0 Å². The summed E-state index contributed by atoms with van der Waals surface area (Å²) in [6, 6.07) is 7.27. The van der Waals surface area contributed by atoms with Gasteiger partial charge in [0.2, 0.25) is 0 Å². The average Bonchev–Trinajstić information content (AvgIpc) is 2.16. The Bertz CT molecular complexity index is 360. The molecule has 2 rings (SSSR count). The zero-order valence-corrected chi connectivity index (χ0v) is 10.2. The quantitative estimate of drug-likeness (QED) is 0.683. The minimum absolute atomic E-state index is 0.249. The Labute approximate surface area is 92.9 Å². The summed E-state index contributed by atoms with van der Waals surface area (Å²) in [6.45, 7) is 10.3. The molecule has 0 saturated heterocycles. The average molecular weight is 203 g/mol. The molecule has 1 aliphatic rings. The van der Waals surface area contributed by atoms with E-state index in [-0.39, 0.29) is 5.41 Å². The van der Waals surface area contributed by atoms with E-state index in [0.29, 0.717) is 6.04 Å². The minimum Gasteiger partial charge on any atom is -0.310 e. The first kappa shape index (κ1) is 10.7. The summed E-state index contributed by atoms with van der Waals surface area (Å²) in [7, 11) is 0. The lowest BCUT2D eigenvalue weighted by atomic mass is 9.78. The van der Waals surface area contributed by atoms with Crippen LogP contribution in [0.25, 0.3) is 0 Å². The van der Waals surface area contributed by atoms with Crippen LogP contribution in [0, 0.1) is 0 Å². The number of benzene rings is 1. The normalized spacial score (nSPS) is 21.2. The monoisotopic (exact) mass is 203 g/mol. The van der Waals surface area contributed by atoms with Crippen LogP contribution in [0.2, 0.25) is 0 Å². The number of nitrogens with one attached hydrogen (secondary N) is 1. The highest BCUT2D eigenvalue weighted by molar-refractivity contribution is 5.42. The van der Waals surface area contributed by atoms with Gasteiger partial charge in [-0.05, 0) is 42.0 Å². The molecule has 1 heterocycles. The molecule has 0 saturated carbocycles. The topological polar surface area (TPSA) is 12.0 Å². The van der Waals surface area contributed by atoms with Crippen LogP contribution in [0.4, 0.5) is 0 Å². The van der Waals surface area contributed by atoms with Crippen molar-refractivity contribution in [3.8, 4) is 0 Å². The highest BCUT2D eigenvalue weighted by Gasteiger charge is 2.24. The second-order valence-electron chi connectivity index (χ2n) is 5.55. The van der Waals surface area contributed by atoms with Crippen molar-refractivity contribution in [2.24, 2.45) is 0 Å². The maximum atomic E-state index is 3.55. The van der Waals surface area contributed by atoms with Crippen LogP contribution in [0.1, 0.15) is 50.4 Å². The van der Waals surface area contributed by atoms with Gasteiger partial charge in [-0.25, -0.2) is 0 Å². The summed E-state index contributed by atoms with van der Waals surface area (Å²) >= 11 is 0. The highest BCUT2D eigenvalue weighted by Crippen LogP contribution is 2.33. The third-order valence-electron chi connectivity index (χ3n) is 3.28. The van der Waals surface area contributed by atoms with Crippen LogP contribution in [0.15, 0.2) is 18.2 Å². The second-order valence-corrected chi connectivity index (χ2v) is 5.55. The van der Waals surface area contributed by atoms with E-state index in [1.165, 1.54) is 23.1 Å². The van der Waals surface area contributed by atoms with E-state index in [4.69, 9.17) is 0 Å². The summed E-state index contributed by atoms with van der Waals surface area (Å²) in [5, 5.41) is 3.55. The number of hydrogen-bond acceptors (Lipinski definition) is 1. The van der Waals surface area contributed by atoms with Crippen molar-refractivity contribution < 1.29 is 0 Å².